The van der Waals surface area contributed by atoms with Gasteiger partial charge in [-0.2, -0.15) is 20.1 Å². The molecule has 3 aromatic rings. The molecule has 2 aromatic carbocycles. The first-order chi connectivity index (χ1) is 17.3. The van der Waals surface area contributed by atoms with Crippen LogP contribution in [0.1, 0.15) is 30.4 Å². The van der Waals surface area contributed by atoms with Crippen molar-refractivity contribution in [3.8, 4) is 5.75 Å². The maximum Gasteiger partial charge on any atom is 0.250 e. The molecule has 0 bridgehead atoms. The number of anilines is 3. The van der Waals surface area contributed by atoms with E-state index in [1.165, 1.54) is 6.42 Å². The molecule has 9 nitrogen and oxygen atoms in total. The molecular formula is C26H31N7O2. The van der Waals surface area contributed by atoms with E-state index in [9.17, 15) is 0 Å². The number of nitrogens with zero attached hydrogens (tertiary/aromatic N) is 6. The summed E-state index contributed by atoms with van der Waals surface area (Å²) < 4.78 is 11.5. The number of morpholine rings is 1. The van der Waals surface area contributed by atoms with Crippen molar-refractivity contribution in [2.75, 3.05) is 54.6 Å². The number of hydrogen-bond acceptors (Lipinski definition) is 9. The van der Waals surface area contributed by atoms with Crippen molar-refractivity contribution in [1.29, 1.82) is 0 Å². The molecule has 2 aliphatic rings. The molecule has 9 heteroatoms. The van der Waals surface area contributed by atoms with E-state index >= 15 is 0 Å². The van der Waals surface area contributed by atoms with Gasteiger partial charge in [0, 0.05) is 31.7 Å². The first-order valence-corrected chi connectivity index (χ1v) is 12.2. The Morgan fingerprint density at radius 1 is 0.829 bits per heavy atom. The fourth-order valence-electron chi connectivity index (χ4n) is 4.16. The summed E-state index contributed by atoms with van der Waals surface area (Å²) in [6.45, 7) is 5.28. The molecule has 3 heterocycles. The van der Waals surface area contributed by atoms with Gasteiger partial charge in [0.15, 0.2) is 0 Å². The van der Waals surface area contributed by atoms with Gasteiger partial charge in [0.2, 0.25) is 17.8 Å². The molecule has 182 valence electrons. The zero-order valence-corrected chi connectivity index (χ0v) is 19.8. The second-order valence-electron chi connectivity index (χ2n) is 8.59. The number of rotatable bonds is 8. The fraction of sp³-hybridized carbons (Fsp3) is 0.385. The first-order valence-electron chi connectivity index (χ1n) is 12.2. The van der Waals surface area contributed by atoms with E-state index in [2.05, 4.69) is 30.3 Å². The second kappa shape index (κ2) is 11.6. The molecule has 0 radical (unpaired) electrons. The van der Waals surface area contributed by atoms with E-state index in [1.807, 2.05) is 54.6 Å². The zero-order valence-electron chi connectivity index (χ0n) is 19.8. The normalized spacial score (nSPS) is 16.5. The van der Waals surface area contributed by atoms with Crippen LogP contribution in [0.3, 0.4) is 0 Å². The predicted molar refractivity (Wildman–Crippen MR) is 137 cm³/mol. The Morgan fingerprint density at radius 2 is 1.51 bits per heavy atom. The summed E-state index contributed by atoms with van der Waals surface area (Å²) in [5.41, 5.74) is 5.00. The first kappa shape index (κ1) is 23.0. The monoisotopic (exact) mass is 473 g/mol. The van der Waals surface area contributed by atoms with Crippen LogP contribution in [0.2, 0.25) is 0 Å². The standard InChI is InChI=1S/C26H31N7O2/c1-3-9-21(10-4-1)20-35-23-12-6-5-11-22(23)19-27-31-24-28-25(32-13-7-2-8-14-32)30-26(29-24)33-15-17-34-18-16-33/h1,3-6,9-12,19H,2,7-8,13-18,20H2,(H,28,29,30,31)/b27-19-. The summed E-state index contributed by atoms with van der Waals surface area (Å²) in [6.07, 6.45) is 5.29. The van der Waals surface area contributed by atoms with Gasteiger partial charge in [-0.15, -0.1) is 0 Å². The second-order valence-corrected chi connectivity index (χ2v) is 8.59. The van der Waals surface area contributed by atoms with E-state index in [0.717, 1.165) is 55.9 Å². The third-order valence-corrected chi connectivity index (χ3v) is 6.07. The number of hydrogen-bond donors (Lipinski definition) is 1. The highest BCUT2D eigenvalue weighted by atomic mass is 16.5. The Balaban J connectivity index is 1.31. The summed E-state index contributed by atoms with van der Waals surface area (Å²) in [5, 5.41) is 4.43. The number of nitrogens with one attached hydrogen (secondary N) is 1. The minimum absolute atomic E-state index is 0.431. The van der Waals surface area contributed by atoms with Crippen LogP contribution in [-0.2, 0) is 11.3 Å². The Morgan fingerprint density at radius 3 is 2.29 bits per heavy atom. The molecule has 5 rings (SSSR count). The van der Waals surface area contributed by atoms with Gasteiger partial charge in [-0.25, -0.2) is 5.43 Å². The van der Waals surface area contributed by atoms with E-state index in [1.54, 1.807) is 6.21 Å². The number of aromatic nitrogens is 3. The van der Waals surface area contributed by atoms with Gasteiger partial charge in [0.25, 0.3) is 0 Å². The smallest absolute Gasteiger partial charge is 0.250 e. The average molecular weight is 474 g/mol. The van der Waals surface area contributed by atoms with Gasteiger partial charge in [0.1, 0.15) is 12.4 Å². The van der Waals surface area contributed by atoms with Gasteiger partial charge < -0.3 is 19.3 Å². The van der Waals surface area contributed by atoms with Crippen molar-refractivity contribution < 1.29 is 9.47 Å². The average Bonchev–Trinajstić information content (AvgIpc) is 2.94. The molecule has 1 N–H and O–H groups in total. The lowest BCUT2D eigenvalue weighted by Crippen LogP contribution is -2.38. The van der Waals surface area contributed by atoms with Gasteiger partial charge in [-0.3, -0.25) is 0 Å². The van der Waals surface area contributed by atoms with Crippen LogP contribution >= 0.6 is 0 Å². The minimum atomic E-state index is 0.431. The van der Waals surface area contributed by atoms with Crippen molar-refractivity contribution in [3.05, 3.63) is 65.7 Å². The molecule has 2 saturated heterocycles. The lowest BCUT2D eigenvalue weighted by Gasteiger charge is -2.30. The third kappa shape index (κ3) is 6.24. The zero-order chi connectivity index (χ0) is 23.7. The Labute approximate surface area is 205 Å². The SMILES string of the molecule is C(=N/Nc1nc(N2CCCCC2)nc(N2CCOCC2)n1)/c1ccccc1OCc1ccccc1. The molecule has 2 fully saturated rings. The lowest BCUT2D eigenvalue weighted by molar-refractivity contribution is 0.122. The predicted octanol–water partition coefficient (Wildman–Crippen LogP) is 3.72. The third-order valence-electron chi connectivity index (χ3n) is 6.07. The van der Waals surface area contributed by atoms with Crippen LogP contribution in [0.5, 0.6) is 5.75 Å². The van der Waals surface area contributed by atoms with E-state index in [0.29, 0.717) is 37.7 Å². The fourth-order valence-corrected chi connectivity index (χ4v) is 4.16. The van der Waals surface area contributed by atoms with Crippen LogP contribution in [0, 0.1) is 0 Å². The van der Waals surface area contributed by atoms with Gasteiger partial charge in [-0.1, -0.05) is 42.5 Å². The molecule has 2 aliphatic heterocycles. The van der Waals surface area contributed by atoms with Crippen LogP contribution in [0.15, 0.2) is 59.7 Å². The summed E-state index contributed by atoms with van der Waals surface area (Å²) in [6, 6.07) is 17.9. The molecular weight excluding hydrogens is 442 g/mol. The highest BCUT2D eigenvalue weighted by Gasteiger charge is 2.20. The molecule has 0 saturated carbocycles. The largest absolute Gasteiger partial charge is 0.488 e. The van der Waals surface area contributed by atoms with Gasteiger partial charge >= 0.3 is 0 Å². The topological polar surface area (TPSA) is 88.0 Å². The van der Waals surface area contributed by atoms with Crippen LogP contribution in [0.25, 0.3) is 0 Å². The summed E-state index contributed by atoms with van der Waals surface area (Å²) in [4.78, 5) is 18.5. The molecule has 0 unspecified atom stereocenters. The Bertz CT molecular complexity index is 1080. The van der Waals surface area contributed by atoms with Crippen molar-refractivity contribution in [2.24, 2.45) is 5.10 Å². The van der Waals surface area contributed by atoms with Crippen LogP contribution < -0.4 is 20.0 Å². The highest BCUT2D eigenvalue weighted by molar-refractivity contribution is 5.83. The maximum atomic E-state index is 6.04. The number of benzene rings is 2. The van der Waals surface area contributed by atoms with Crippen LogP contribution in [0.4, 0.5) is 17.8 Å². The quantitative estimate of drug-likeness (QED) is 0.391. The van der Waals surface area contributed by atoms with Gasteiger partial charge in [0.05, 0.1) is 19.4 Å². The maximum absolute atomic E-state index is 6.04. The molecule has 1 aromatic heterocycles. The minimum Gasteiger partial charge on any atom is -0.488 e. The number of ether oxygens (including phenoxy) is 2. The number of piperidine rings is 1. The van der Waals surface area contributed by atoms with Gasteiger partial charge in [-0.05, 0) is 37.0 Å². The molecule has 0 amide bonds. The van der Waals surface area contributed by atoms with Crippen molar-refractivity contribution in [3.63, 3.8) is 0 Å². The summed E-state index contributed by atoms with van der Waals surface area (Å²) >= 11 is 0. The van der Waals surface area contributed by atoms with E-state index < -0.39 is 0 Å². The molecule has 35 heavy (non-hydrogen) atoms. The molecule has 0 atom stereocenters. The summed E-state index contributed by atoms with van der Waals surface area (Å²) in [5.74, 6) is 2.56. The lowest BCUT2D eigenvalue weighted by atomic mass is 10.1. The summed E-state index contributed by atoms with van der Waals surface area (Å²) in [7, 11) is 0. The number of para-hydroxylation sites is 1. The van der Waals surface area contributed by atoms with Crippen molar-refractivity contribution >= 4 is 24.1 Å². The highest BCUT2D eigenvalue weighted by Crippen LogP contribution is 2.21. The Hall–Kier alpha value is -3.72. The van der Waals surface area contributed by atoms with Crippen LogP contribution in [-0.4, -0.2) is 60.6 Å². The number of hydrazone groups is 1. The molecule has 0 aliphatic carbocycles. The Kier molecular flexibility index (Phi) is 7.65. The van der Waals surface area contributed by atoms with E-state index in [-0.39, 0.29) is 0 Å². The molecule has 0 spiro atoms. The van der Waals surface area contributed by atoms with E-state index in [4.69, 9.17) is 14.5 Å². The van der Waals surface area contributed by atoms with Crippen molar-refractivity contribution in [1.82, 2.24) is 15.0 Å². The van der Waals surface area contributed by atoms with Crippen molar-refractivity contribution in [2.45, 2.75) is 25.9 Å².